The summed E-state index contributed by atoms with van der Waals surface area (Å²) >= 11 is 0. The Morgan fingerprint density at radius 3 is 2.84 bits per heavy atom. The van der Waals surface area contributed by atoms with Crippen molar-refractivity contribution in [3.05, 3.63) is 24.5 Å². The third-order valence-corrected chi connectivity index (χ3v) is 4.77. The molecule has 0 aliphatic heterocycles. The summed E-state index contributed by atoms with van der Waals surface area (Å²) in [6, 6.07) is 3.76. The van der Waals surface area contributed by atoms with E-state index in [1.54, 1.807) is 12.4 Å². The molecule has 0 saturated heterocycles. The highest BCUT2D eigenvalue weighted by molar-refractivity contribution is 5.79. The first kappa shape index (κ1) is 19.5. The van der Waals surface area contributed by atoms with Crippen LogP contribution in [0.5, 0.6) is 5.75 Å². The lowest BCUT2D eigenvalue weighted by molar-refractivity contribution is 0.137. The second-order valence-electron chi connectivity index (χ2n) is 6.69. The van der Waals surface area contributed by atoms with Gasteiger partial charge in [0.2, 0.25) is 0 Å². The van der Waals surface area contributed by atoms with E-state index in [9.17, 15) is 5.11 Å². The van der Waals surface area contributed by atoms with Crippen LogP contribution < -0.4 is 15.4 Å². The molecule has 0 amide bonds. The zero-order valence-electron chi connectivity index (χ0n) is 15.3. The minimum absolute atomic E-state index is 0.168. The standard InChI is InChI=1S/C19H32N4O2/c1-2-21-18(22-12-14-25-17-7-6-11-20-15-17)23-16-19(10-13-24)8-4-3-5-9-19/h6-7,11,15,24H,2-5,8-10,12-14,16H2,1H3,(H2,21,22,23). The van der Waals surface area contributed by atoms with Crippen molar-refractivity contribution in [2.75, 3.05) is 32.8 Å². The van der Waals surface area contributed by atoms with Gasteiger partial charge in [0.15, 0.2) is 5.96 Å². The van der Waals surface area contributed by atoms with Gasteiger partial charge < -0.3 is 20.5 Å². The number of guanidine groups is 1. The van der Waals surface area contributed by atoms with Gasteiger partial charge in [0.25, 0.3) is 0 Å². The van der Waals surface area contributed by atoms with Gasteiger partial charge in [-0.3, -0.25) is 9.98 Å². The van der Waals surface area contributed by atoms with Crippen LogP contribution in [0.2, 0.25) is 0 Å². The first-order valence-corrected chi connectivity index (χ1v) is 9.44. The Bertz CT molecular complexity index is 496. The number of aromatic nitrogens is 1. The van der Waals surface area contributed by atoms with Crippen LogP contribution in [0.1, 0.15) is 45.4 Å². The van der Waals surface area contributed by atoms with Crippen molar-refractivity contribution in [2.24, 2.45) is 10.4 Å². The van der Waals surface area contributed by atoms with Crippen molar-refractivity contribution in [3.8, 4) is 5.75 Å². The summed E-state index contributed by atoms with van der Waals surface area (Å²) in [5.41, 5.74) is 0.168. The van der Waals surface area contributed by atoms with Gasteiger partial charge in [0, 0.05) is 25.9 Å². The van der Waals surface area contributed by atoms with Gasteiger partial charge >= 0.3 is 0 Å². The summed E-state index contributed by atoms with van der Waals surface area (Å²) < 4.78 is 5.65. The third-order valence-electron chi connectivity index (χ3n) is 4.77. The zero-order chi connectivity index (χ0) is 17.8. The predicted molar refractivity (Wildman–Crippen MR) is 101 cm³/mol. The summed E-state index contributed by atoms with van der Waals surface area (Å²) in [5.74, 6) is 1.59. The van der Waals surface area contributed by atoms with Crippen molar-refractivity contribution in [1.82, 2.24) is 15.6 Å². The van der Waals surface area contributed by atoms with Crippen LogP contribution in [0, 0.1) is 5.41 Å². The quantitative estimate of drug-likeness (QED) is 0.363. The summed E-state index contributed by atoms with van der Waals surface area (Å²) in [4.78, 5) is 8.82. The van der Waals surface area contributed by atoms with Crippen LogP contribution in [0.3, 0.4) is 0 Å². The number of hydrogen-bond donors (Lipinski definition) is 3. The lowest BCUT2D eigenvalue weighted by Crippen LogP contribution is -2.40. The third kappa shape index (κ3) is 6.90. The molecule has 6 heteroatoms. The van der Waals surface area contributed by atoms with Gasteiger partial charge in [-0.15, -0.1) is 0 Å². The van der Waals surface area contributed by atoms with Gasteiger partial charge in [-0.2, -0.15) is 0 Å². The summed E-state index contributed by atoms with van der Waals surface area (Å²) in [6.45, 7) is 5.13. The summed E-state index contributed by atoms with van der Waals surface area (Å²) in [6.07, 6.45) is 10.4. The van der Waals surface area contributed by atoms with Crippen molar-refractivity contribution < 1.29 is 9.84 Å². The first-order chi connectivity index (χ1) is 12.3. The number of aliphatic hydroxyl groups excluding tert-OH is 1. The maximum absolute atomic E-state index is 9.43. The lowest BCUT2D eigenvalue weighted by atomic mass is 9.72. The minimum Gasteiger partial charge on any atom is -0.490 e. The number of hydrogen-bond acceptors (Lipinski definition) is 4. The Morgan fingerprint density at radius 2 is 2.16 bits per heavy atom. The van der Waals surface area contributed by atoms with Crippen LogP contribution >= 0.6 is 0 Å². The number of nitrogens with one attached hydrogen (secondary N) is 2. The molecule has 140 valence electrons. The second kappa shape index (κ2) is 10.9. The molecular formula is C19H32N4O2. The number of nitrogens with zero attached hydrogens (tertiary/aromatic N) is 2. The number of pyridine rings is 1. The molecule has 6 nitrogen and oxygen atoms in total. The molecule has 1 aromatic rings. The molecule has 0 aromatic carbocycles. The maximum Gasteiger partial charge on any atom is 0.191 e. The van der Waals surface area contributed by atoms with E-state index < -0.39 is 0 Å². The van der Waals surface area contributed by atoms with Gasteiger partial charge in [-0.1, -0.05) is 19.3 Å². The van der Waals surface area contributed by atoms with Crippen LogP contribution in [-0.4, -0.2) is 48.9 Å². The molecular weight excluding hydrogens is 316 g/mol. The fraction of sp³-hybridized carbons (Fsp3) is 0.684. The normalized spacial score (nSPS) is 17.1. The van der Waals surface area contributed by atoms with Crippen LogP contribution in [0.25, 0.3) is 0 Å². The Kier molecular flexibility index (Phi) is 8.52. The molecule has 0 spiro atoms. The maximum atomic E-state index is 9.43. The molecule has 0 radical (unpaired) electrons. The van der Waals surface area contributed by atoms with E-state index >= 15 is 0 Å². The fourth-order valence-corrected chi connectivity index (χ4v) is 3.39. The van der Waals surface area contributed by atoms with E-state index in [0.29, 0.717) is 13.2 Å². The topological polar surface area (TPSA) is 78.8 Å². The molecule has 1 heterocycles. The molecule has 3 N–H and O–H groups in total. The molecule has 0 unspecified atom stereocenters. The highest BCUT2D eigenvalue weighted by atomic mass is 16.5. The van der Waals surface area contributed by atoms with E-state index in [1.165, 1.54) is 32.1 Å². The first-order valence-electron chi connectivity index (χ1n) is 9.44. The zero-order valence-corrected chi connectivity index (χ0v) is 15.3. The Labute approximate surface area is 151 Å². The molecule has 25 heavy (non-hydrogen) atoms. The Morgan fingerprint density at radius 1 is 1.32 bits per heavy atom. The van der Waals surface area contributed by atoms with Crippen LogP contribution in [0.15, 0.2) is 29.5 Å². The van der Waals surface area contributed by atoms with E-state index in [2.05, 4.69) is 22.5 Å². The molecule has 0 bridgehead atoms. The van der Waals surface area contributed by atoms with Crippen molar-refractivity contribution in [3.63, 3.8) is 0 Å². The second-order valence-corrected chi connectivity index (χ2v) is 6.69. The summed E-state index contributed by atoms with van der Waals surface area (Å²) in [7, 11) is 0. The average molecular weight is 348 g/mol. The van der Waals surface area contributed by atoms with Crippen molar-refractivity contribution in [2.45, 2.75) is 45.4 Å². The van der Waals surface area contributed by atoms with Gasteiger partial charge in [-0.05, 0) is 43.7 Å². The van der Waals surface area contributed by atoms with Gasteiger partial charge in [0.1, 0.15) is 12.4 Å². The van der Waals surface area contributed by atoms with E-state index in [-0.39, 0.29) is 12.0 Å². The molecule has 2 rings (SSSR count). The highest BCUT2D eigenvalue weighted by Crippen LogP contribution is 2.39. The van der Waals surface area contributed by atoms with E-state index in [4.69, 9.17) is 9.73 Å². The minimum atomic E-state index is 0.168. The molecule has 0 atom stereocenters. The average Bonchev–Trinajstić information content (AvgIpc) is 2.65. The van der Waals surface area contributed by atoms with Crippen LogP contribution in [0.4, 0.5) is 0 Å². The van der Waals surface area contributed by atoms with Gasteiger partial charge in [0.05, 0.1) is 12.7 Å². The van der Waals surface area contributed by atoms with Crippen LogP contribution in [-0.2, 0) is 0 Å². The molecule has 1 aliphatic carbocycles. The number of aliphatic imine (C=N–C) groups is 1. The number of aliphatic hydroxyl groups is 1. The SMILES string of the molecule is CCNC(=NCC1(CCO)CCCCC1)NCCOc1cccnc1. The van der Waals surface area contributed by atoms with Crippen molar-refractivity contribution in [1.29, 1.82) is 0 Å². The molecule has 1 fully saturated rings. The fourth-order valence-electron chi connectivity index (χ4n) is 3.39. The molecule has 1 aromatic heterocycles. The highest BCUT2D eigenvalue weighted by Gasteiger charge is 2.31. The van der Waals surface area contributed by atoms with E-state index in [0.717, 1.165) is 31.2 Å². The Hall–Kier alpha value is -1.82. The smallest absolute Gasteiger partial charge is 0.191 e. The Balaban J connectivity index is 1.82. The van der Waals surface area contributed by atoms with Gasteiger partial charge in [-0.25, -0.2) is 0 Å². The number of rotatable bonds is 9. The summed E-state index contributed by atoms with van der Waals surface area (Å²) in [5, 5.41) is 16.0. The predicted octanol–water partition coefficient (Wildman–Crippen LogP) is 2.35. The van der Waals surface area contributed by atoms with E-state index in [1.807, 2.05) is 12.1 Å². The number of ether oxygens (including phenoxy) is 1. The molecule has 1 saturated carbocycles. The lowest BCUT2D eigenvalue weighted by Gasteiger charge is -2.35. The monoisotopic (exact) mass is 348 g/mol. The van der Waals surface area contributed by atoms with Crippen molar-refractivity contribution >= 4 is 5.96 Å². The molecule has 1 aliphatic rings. The largest absolute Gasteiger partial charge is 0.490 e.